The lowest BCUT2D eigenvalue weighted by atomic mass is 10.1. The maximum absolute atomic E-state index is 12.4. The normalized spacial score (nSPS) is 12.4. The van der Waals surface area contributed by atoms with Gasteiger partial charge in [0.2, 0.25) is 0 Å². The molecule has 1 aromatic rings. The zero-order valence-corrected chi connectivity index (χ0v) is 9.60. The van der Waals surface area contributed by atoms with E-state index in [1.807, 2.05) is 6.07 Å². The van der Waals surface area contributed by atoms with E-state index in [9.17, 15) is 13.2 Å². The summed E-state index contributed by atoms with van der Waals surface area (Å²) in [4.78, 5) is 3.59. The molecule has 0 bridgehead atoms. The van der Waals surface area contributed by atoms with E-state index >= 15 is 0 Å². The number of rotatable bonds is 2. The van der Waals surface area contributed by atoms with Crippen LogP contribution in [0.25, 0.3) is 5.57 Å². The van der Waals surface area contributed by atoms with Gasteiger partial charge in [-0.05, 0) is 12.5 Å². The summed E-state index contributed by atoms with van der Waals surface area (Å²) in [5.74, 6) is 0. The van der Waals surface area contributed by atoms with Gasteiger partial charge in [0.05, 0.1) is 21.9 Å². The number of hydrogen-bond acceptors (Lipinski definition) is 2. The minimum Gasteiger partial charge on any atom is -0.253 e. The predicted octanol–water partition coefficient (Wildman–Crippen LogP) is 4.07. The van der Waals surface area contributed by atoms with Gasteiger partial charge in [0.15, 0.2) is 0 Å². The number of nitriles is 1. The van der Waals surface area contributed by atoms with E-state index in [0.29, 0.717) is 12.6 Å². The molecule has 1 heterocycles. The van der Waals surface area contributed by atoms with Crippen LogP contribution in [0.1, 0.15) is 24.6 Å². The van der Waals surface area contributed by atoms with E-state index in [2.05, 4.69) is 4.98 Å². The van der Waals surface area contributed by atoms with Gasteiger partial charge in [-0.3, -0.25) is 4.98 Å². The highest BCUT2D eigenvalue weighted by atomic mass is 35.5. The van der Waals surface area contributed by atoms with Crippen molar-refractivity contribution in [3.63, 3.8) is 0 Å². The van der Waals surface area contributed by atoms with Crippen LogP contribution >= 0.6 is 11.6 Å². The summed E-state index contributed by atoms with van der Waals surface area (Å²) in [6.07, 6.45) is -1.69. The number of halogens is 4. The Kier molecular flexibility index (Phi) is 4.13. The molecule has 0 aromatic carbocycles. The topological polar surface area (TPSA) is 36.7 Å². The molecule has 1 aromatic heterocycles. The number of allylic oxidation sites excluding steroid dienone is 2. The van der Waals surface area contributed by atoms with Gasteiger partial charge in [-0.25, -0.2) is 0 Å². The molecule has 90 valence electrons. The van der Waals surface area contributed by atoms with E-state index in [-0.39, 0.29) is 16.3 Å². The third-order valence-electron chi connectivity index (χ3n) is 1.95. The lowest BCUT2D eigenvalue weighted by Gasteiger charge is -2.08. The third-order valence-corrected chi connectivity index (χ3v) is 2.24. The van der Waals surface area contributed by atoms with Gasteiger partial charge < -0.3 is 0 Å². The van der Waals surface area contributed by atoms with Crippen molar-refractivity contribution in [2.45, 2.75) is 19.5 Å². The van der Waals surface area contributed by atoms with Crippen LogP contribution < -0.4 is 0 Å². The predicted molar refractivity (Wildman–Crippen MR) is 58.1 cm³/mol. The smallest absolute Gasteiger partial charge is 0.253 e. The van der Waals surface area contributed by atoms with Gasteiger partial charge in [-0.15, -0.1) is 0 Å². The van der Waals surface area contributed by atoms with Gasteiger partial charge in [0, 0.05) is 6.20 Å². The first kappa shape index (κ1) is 13.5. The molecule has 1 rings (SSSR count). The monoisotopic (exact) mass is 260 g/mol. The van der Waals surface area contributed by atoms with Crippen molar-refractivity contribution in [2.75, 3.05) is 0 Å². The Morgan fingerprint density at radius 1 is 1.59 bits per heavy atom. The van der Waals surface area contributed by atoms with Crippen molar-refractivity contribution in [1.29, 1.82) is 5.26 Å². The van der Waals surface area contributed by atoms with Crippen LogP contribution in [0.3, 0.4) is 0 Å². The van der Waals surface area contributed by atoms with Gasteiger partial charge in [0.1, 0.15) is 6.07 Å². The van der Waals surface area contributed by atoms with E-state index in [0.717, 1.165) is 6.07 Å². The number of pyridine rings is 1. The molecule has 0 spiro atoms. The largest absolute Gasteiger partial charge is 0.417 e. The molecule has 0 fully saturated rings. The summed E-state index contributed by atoms with van der Waals surface area (Å²) in [7, 11) is 0. The molecule has 0 amide bonds. The van der Waals surface area contributed by atoms with Gasteiger partial charge in [0.25, 0.3) is 0 Å². The summed E-state index contributed by atoms with van der Waals surface area (Å²) in [5, 5.41) is 8.65. The molecule has 0 atom stereocenters. The summed E-state index contributed by atoms with van der Waals surface area (Å²) in [6.45, 7) is 1.80. The van der Waals surface area contributed by atoms with E-state index in [1.165, 1.54) is 0 Å². The molecular formula is C11H8ClF3N2. The Labute approximate surface area is 101 Å². The fraction of sp³-hybridized carbons (Fsp3) is 0.273. The molecule has 6 heteroatoms. The van der Waals surface area contributed by atoms with Gasteiger partial charge >= 0.3 is 6.18 Å². The van der Waals surface area contributed by atoms with E-state index in [1.54, 1.807) is 13.0 Å². The van der Waals surface area contributed by atoms with Crippen LogP contribution in [0.15, 0.2) is 18.3 Å². The highest BCUT2D eigenvalue weighted by molar-refractivity contribution is 6.32. The van der Waals surface area contributed by atoms with Crippen molar-refractivity contribution < 1.29 is 13.2 Å². The van der Waals surface area contributed by atoms with Crippen molar-refractivity contribution in [3.8, 4) is 6.07 Å². The molecule has 0 saturated heterocycles. The minimum atomic E-state index is -4.49. The molecule has 0 aliphatic carbocycles. The lowest BCUT2D eigenvalue weighted by molar-refractivity contribution is -0.137. The van der Waals surface area contributed by atoms with Crippen molar-refractivity contribution in [1.82, 2.24) is 4.98 Å². The Bertz CT molecular complexity index is 486. The highest BCUT2D eigenvalue weighted by Gasteiger charge is 2.31. The lowest BCUT2D eigenvalue weighted by Crippen LogP contribution is -2.06. The first-order valence-electron chi connectivity index (χ1n) is 4.73. The van der Waals surface area contributed by atoms with Crippen LogP contribution in [-0.2, 0) is 6.18 Å². The van der Waals surface area contributed by atoms with Crippen LogP contribution in [0.5, 0.6) is 0 Å². The third kappa shape index (κ3) is 3.21. The summed E-state index contributed by atoms with van der Waals surface area (Å²) in [6, 6.07) is 2.62. The molecule has 0 radical (unpaired) electrons. The molecule has 0 aliphatic heterocycles. The second kappa shape index (κ2) is 5.19. The Balaban J connectivity index is 3.24. The molecule has 0 unspecified atom stereocenters. The molecule has 17 heavy (non-hydrogen) atoms. The number of alkyl halides is 3. The van der Waals surface area contributed by atoms with Crippen LogP contribution in [-0.4, -0.2) is 4.98 Å². The van der Waals surface area contributed by atoms with Crippen molar-refractivity contribution >= 4 is 17.2 Å². The summed E-state index contributed by atoms with van der Waals surface area (Å²) in [5.41, 5.74) is -0.685. The second-order valence-electron chi connectivity index (χ2n) is 3.19. The van der Waals surface area contributed by atoms with E-state index < -0.39 is 11.7 Å². The average molecular weight is 261 g/mol. The van der Waals surface area contributed by atoms with Crippen molar-refractivity contribution in [3.05, 3.63) is 34.6 Å². The molecule has 0 saturated carbocycles. The molecule has 0 N–H and O–H groups in total. The van der Waals surface area contributed by atoms with E-state index in [4.69, 9.17) is 16.9 Å². The maximum atomic E-state index is 12.4. The molecular weight excluding hydrogens is 253 g/mol. The minimum absolute atomic E-state index is 0.0732. The average Bonchev–Trinajstić information content (AvgIpc) is 2.25. The summed E-state index contributed by atoms with van der Waals surface area (Å²) < 4.78 is 37.1. The Morgan fingerprint density at radius 3 is 2.65 bits per heavy atom. The number of aromatic nitrogens is 1. The quantitative estimate of drug-likeness (QED) is 0.752. The SMILES string of the molecule is CC/C=C(/C#N)c1ncc(C(F)(F)F)cc1Cl. The van der Waals surface area contributed by atoms with Gasteiger partial charge in [-0.1, -0.05) is 24.6 Å². The first-order valence-corrected chi connectivity index (χ1v) is 5.11. The molecule has 2 nitrogen and oxygen atoms in total. The highest BCUT2D eigenvalue weighted by Crippen LogP contribution is 2.32. The Morgan fingerprint density at radius 2 is 2.24 bits per heavy atom. The van der Waals surface area contributed by atoms with Crippen LogP contribution in [0.2, 0.25) is 5.02 Å². The number of hydrogen-bond donors (Lipinski definition) is 0. The zero-order valence-electron chi connectivity index (χ0n) is 8.85. The van der Waals surface area contributed by atoms with Crippen molar-refractivity contribution in [2.24, 2.45) is 0 Å². The fourth-order valence-corrected chi connectivity index (χ4v) is 1.46. The van der Waals surface area contributed by atoms with Crippen LogP contribution in [0.4, 0.5) is 13.2 Å². The molecule has 0 aliphatic rings. The second-order valence-corrected chi connectivity index (χ2v) is 3.60. The Hall–Kier alpha value is -1.54. The number of nitrogens with zero attached hydrogens (tertiary/aromatic N) is 2. The standard InChI is InChI=1S/C11H8ClF3N2/c1-2-3-7(5-16)10-9(12)4-8(6-17-10)11(13,14)15/h3-4,6H,2H2,1H3/b7-3-. The maximum Gasteiger partial charge on any atom is 0.417 e. The van der Waals surface area contributed by atoms with Gasteiger partial charge in [-0.2, -0.15) is 18.4 Å². The first-order chi connectivity index (χ1) is 7.90. The summed E-state index contributed by atoms with van der Waals surface area (Å²) >= 11 is 5.69. The van der Waals surface area contributed by atoms with Crippen LogP contribution in [0, 0.1) is 11.3 Å². The zero-order chi connectivity index (χ0) is 13.1. The fourth-order valence-electron chi connectivity index (χ4n) is 1.19.